The second-order valence-electron chi connectivity index (χ2n) is 4.83. The van der Waals surface area contributed by atoms with Gasteiger partial charge >= 0.3 is 0 Å². The van der Waals surface area contributed by atoms with Crippen LogP contribution in [-0.4, -0.2) is 28.0 Å². The smallest absolute Gasteiger partial charge is 0.198 e. The first-order valence-electron chi connectivity index (χ1n) is 6.81. The second-order valence-corrected chi connectivity index (χ2v) is 4.83. The van der Waals surface area contributed by atoms with Crippen LogP contribution in [0.15, 0.2) is 53.5 Å². The van der Waals surface area contributed by atoms with Crippen molar-refractivity contribution in [3.05, 3.63) is 59.7 Å². The number of hydrogen-bond acceptors (Lipinski definition) is 3. The van der Waals surface area contributed by atoms with Crippen LogP contribution in [0.2, 0.25) is 0 Å². The second kappa shape index (κ2) is 5.81. The SMILES string of the molecule is OCCc1ccc(N=Cc2c(O)[nH]c3ccccc23)cc1. The summed E-state index contributed by atoms with van der Waals surface area (Å²) in [6, 6.07) is 15.4. The number of hydrogen-bond donors (Lipinski definition) is 3. The van der Waals surface area contributed by atoms with Crippen molar-refractivity contribution < 1.29 is 10.2 Å². The van der Waals surface area contributed by atoms with Gasteiger partial charge in [0.2, 0.25) is 0 Å². The first-order chi connectivity index (χ1) is 10.3. The summed E-state index contributed by atoms with van der Waals surface area (Å²) in [7, 11) is 0. The number of aromatic hydroxyl groups is 1. The van der Waals surface area contributed by atoms with Crippen LogP contribution in [0.4, 0.5) is 5.69 Å². The predicted octanol–water partition coefficient (Wildman–Crippen LogP) is 3.16. The molecular formula is C17H16N2O2. The van der Waals surface area contributed by atoms with Crippen molar-refractivity contribution in [2.24, 2.45) is 4.99 Å². The summed E-state index contributed by atoms with van der Waals surface area (Å²) in [5.74, 6) is 0.122. The molecule has 0 aliphatic heterocycles. The molecule has 106 valence electrons. The van der Waals surface area contributed by atoms with E-state index in [9.17, 15) is 5.11 Å². The number of nitrogens with one attached hydrogen (secondary N) is 1. The summed E-state index contributed by atoms with van der Waals surface area (Å²) in [6.45, 7) is 0.145. The molecule has 2 aromatic carbocycles. The molecule has 3 N–H and O–H groups in total. The fourth-order valence-electron chi connectivity index (χ4n) is 2.30. The first kappa shape index (κ1) is 13.4. The Morgan fingerprint density at radius 1 is 1.05 bits per heavy atom. The van der Waals surface area contributed by atoms with Gasteiger partial charge in [-0.05, 0) is 30.2 Å². The van der Waals surface area contributed by atoms with Crippen LogP contribution in [0.5, 0.6) is 5.88 Å². The molecule has 4 heteroatoms. The summed E-state index contributed by atoms with van der Waals surface area (Å²) in [5, 5.41) is 19.8. The largest absolute Gasteiger partial charge is 0.494 e. The van der Waals surface area contributed by atoms with E-state index in [-0.39, 0.29) is 12.5 Å². The molecule has 1 aromatic heterocycles. The molecule has 1 heterocycles. The minimum absolute atomic E-state index is 0.122. The maximum atomic E-state index is 9.95. The van der Waals surface area contributed by atoms with Crippen LogP contribution in [0.25, 0.3) is 10.9 Å². The number of para-hydroxylation sites is 1. The van der Waals surface area contributed by atoms with Crippen LogP contribution in [0.3, 0.4) is 0 Å². The fraction of sp³-hybridized carbons (Fsp3) is 0.118. The van der Waals surface area contributed by atoms with E-state index in [1.807, 2.05) is 48.5 Å². The lowest BCUT2D eigenvalue weighted by Crippen LogP contribution is -1.88. The van der Waals surface area contributed by atoms with Gasteiger partial charge in [-0.1, -0.05) is 30.3 Å². The van der Waals surface area contributed by atoms with Gasteiger partial charge in [0, 0.05) is 23.7 Å². The minimum Gasteiger partial charge on any atom is -0.494 e. The number of aromatic nitrogens is 1. The van der Waals surface area contributed by atoms with Gasteiger partial charge in [-0.15, -0.1) is 0 Å². The zero-order valence-electron chi connectivity index (χ0n) is 11.5. The summed E-state index contributed by atoms with van der Waals surface area (Å²) >= 11 is 0. The topological polar surface area (TPSA) is 68.6 Å². The van der Waals surface area contributed by atoms with E-state index in [0.29, 0.717) is 12.0 Å². The maximum absolute atomic E-state index is 9.95. The van der Waals surface area contributed by atoms with Crippen LogP contribution >= 0.6 is 0 Å². The number of fused-ring (bicyclic) bond motifs is 1. The van der Waals surface area contributed by atoms with Crippen molar-refractivity contribution in [2.45, 2.75) is 6.42 Å². The fourth-order valence-corrected chi connectivity index (χ4v) is 2.30. The van der Waals surface area contributed by atoms with Gasteiger partial charge in [0.05, 0.1) is 11.3 Å². The highest BCUT2D eigenvalue weighted by Crippen LogP contribution is 2.26. The highest BCUT2D eigenvalue weighted by atomic mass is 16.3. The molecule has 3 rings (SSSR count). The molecule has 0 unspecified atom stereocenters. The average Bonchev–Trinajstić information content (AvgIpc) is 2.82. The van der Waals surface area contributed by atoms with Crippen molar-refractivity contribution in [2.75, 3.05) is 6.61 Å². The molecule has 0 radical (unpaired) electrons. The van der Waals surface area contributed by atoms with E-state index >= 15 is 0 Å². The molecule has 0 amide bonds. The Kier molecular flexibility index (Phi) is 3.71. The Morgan fingerprint density at radius 3 is 2.57 bits per heavy atom. The van der Waals surface area contributed by atoms with Crippen LogP contribution in [0, 0.1) is 0 Å². The van der Waals surface area contributed by atoms with Gasteiger partial charge in [0.25, 0.3) is 0 Å². The van der Waals surface area contributed by atoms with Crippen molar-refractivity contribution in [3.8, 4) is 5.88 Å². The van der Waals surface area contributed by atoms with Crippen LogP contribution < -0.4 is 0 Å². The molecule has 3 aromatic rings. The number of aromatic amines is 1. The lowest BCUT2D eigenvalue weighted by Gasteiger charge is -1.98. The number of aliphatic hydroxyl groups excluding tert-OH is 1. The third-order valence-electron chi connectivity index (χ3n) is 3.40. The summed E-state index contributed by atoms with van der Waals surface area (Å²) in [5.41, 5.74) is 3.45. The van der Waals surface area contributed by atoms with Crippen molar-refractivity contribution >= 4 is 22.8 Å². The predicted molar refractivity (Wildman–Crippen MR) is 84.4 cm³/mol. The van der Waals surface area contributed by atoms with E-state index in [4.69, 9.17) is 5.11 Å². The van der Waals surface area contributed by atoms with Crippen molar-refractivity contribution in [3.63, 3.8) is 0 Å². The molecule has 0 aliphatic carbocycles. The van der Waals surface area contributed by atoms with E-state index in [1.165, 1.54) is 0 Å². The number of aliphatic hydroxyl groups is 1. The Morgan fingerprint density at radius 2 is 1.81 bits per heavy atom. The molecule has 21 heavy (non-hydrogen) atoms. The highest BCUT2D eigenvalue weighted by molar-refractivity contribution is 6.02. The molecule has 0 fully saturated rings. The van der Waals surface area contributed by atoms with Gasteiger partial charge in [-0.2, -0.15) is 0 Å². The average molecular weight is 280 g/mol. The van der Waals surface area contributed by atoms with E-state index in [1.54, 1.807) is 6.21 Å². The number of H-pyrrole nitrogens is 1. The summed E-state index contributed by atoms with van der Waals surface area (Å²) in [4.78, 5) is 7.32. The first-order valence-corrected chi connectivity index (χ1v) is 6.81. The Labute approximate surface area is 122 Å². The minimum atomic E-state index is 0.122. The lowest BCUT2D eigenvalue weighted by atomic mass is 10.1. The number of nitrogens with zero attached hydrogens (tertiary/aromatic N) is 1. The van der Waals surface area contributed by atoms with E-state index in [0.717, 1.165) is 22.2 Å². The van der Waals surface area contributed by atoms with Crippen molar-refractivity contribution in [1.82, 2.24) is 4.98 Å². The third kappa shape index (κ3) is 2.80. The molecule has 0 bridgehead atoms. The summed E-state index contributed by atoms with van der Waals surface area (Å²) < 4.78 is 0. The number of aliphatic imine (C=N–C) groups is 1. The van der Waals surface area contributed by atoms with Gasteiger partial charge < -0.3 is 15.2 Å². The van der Waals surface area contributed by atoms with Gasteiger partial charge in [0.15, 0.2) is 5.88 Å². The molecule has 0 spiro atoms. The van der Waals surface area contributed by atoms with Crippen LogP contribution in [-0.2, 0) is 6.42 Å². The van der Waals surface area contributed by atoms with Crippen molar-refractivity contribution in [1.29, 1.82) is 0 Å². The number of rotatable bonds is 4. The van der Waals surface area contributed by atoms with E-state index < -0.39 is 0 Å². The maximum Gasteiger partial charge on any atom is 0.198 e. The van der Waals surface area contributed by atoms with Crippen LogP contribution in [0.1, 0.15) is 11.1 Å². The zero-order valence-corrected chi connectivity index (χ0v) is 11.5. The molecule has 0 saturated heterocycles. The molecule has 0 saturated carbocycles. The summed E-state index contributed by atoms with van der Waals surface area (Å²) in [6.07, 6.45) is 2.31. The zero-order chi connectivity index (χ0) is 14.7. The molecule has 4 nitrogen and oxygen atoms in total. The normalized spacial score (nSPS) is 11.5. The third-order valence-corrected chi connectivity index (χ3v) is 3.40. The van der Waals surface area contributed by atoms with Gasteiger partial charge in [0.1, 0.15) is 0 Å². The van der Waals surface area contributed by atoms with E-state index in [2.05, 4.69) is 9.98 Å². The lowest BCUT2D eigenvalue weighted by molar-refractivity contribution is 0.299. The van der Waals surface area contributed by atoms with Gasteiger partial charge in [-0.3, -0.25) is 4.99 Å². The number of benzene rings is 2. The highest BCUT2D eigenvalue weighted by Gasteiger charge is 2.07. The van der Waals surface area contributed by atoms with Gasteiger partial charge in [-0.25, -0.2) is 0 Å². The Hall–Kier alpha value is -2.59. The quantitative estimate of drug-likeness (QED) is 0.642. The standard InChI is InChI=1S/C17H16N2O2/c20-10-9-12-5-7-13(8-6-12)18-11-15-14-3-1-2-4-16(14)19-17(15)21/h1-8,11,19-21H,9-10H2. The molecular weight excluding hydrogens is 264 g/mol. The molecule has 0 aliphatic rings. The monoisotopic (exact) mass is 280 g/mol. The Balaban J connectivity index is 1.89. The molecule has 0 atom stereocenters. The Bertz CT molecular complexity index is 773.